The SMILES string of the molecule is CC(=O)Nc1c(C#N)c2n(c1C(=O)Nc1ccc(S(N)(=O)=O)cc1)CCC2. The molecule has 1 aliphatic heterocycles. The van der Waals surface area contributed by atoms with Crippen molar-refractivity contribution >= 4 is 33.2 Å². The van der Waals surface area contributed by atoms with E-state index in [1.54, 1.807) is 4.57 Å². The van der Waals surface area contributed by atoms with E-state index < -0.39 is 15.9 Å². The number of nitrogens with two attached hydrogens (primary N) is 1. The van der Waals surface area contributed by atoms with Crippen molar-refractivity contribution in [1.29, 1.82) is 5.26 Å². The number of nitrogens with zero attached hydrogens (tertiary/aromatic N) is 2. The van der Waals surface area contributed by atoms with Crippen LogP contribution in [0.1, 0.15) is 35.1 Å². The molecule has 3 rings (SSSR count). The Morgan fingerprint density at radius 3 is 2.44 bits per heavy atom. The molecule has 0 fully saturated rings. The minimum Gasteiger partial charge on any atom is -0.337 e. The summed E-state index contributed by atoms with van der Waals surface area (Å²) in [7, 11) is -3.83. The molecule has 0 aliphatic carbocycles. The number of carbonyl (C=O) groups is 2. The standard InChI is InChI=1S/C17H17N5O4S/c1-10(23)20-15-13(9-18)14-3-2-8-22(14)16(15)17(24)21-11-4-6-12(7-5-11)27(19,25)26/h4-7H,2-3,8H2,1H3,(H,20,23)(H,21,24)(H2,19,25,26). The molecule has 10 heteroatoms. The summed E-state index contributed by atoms with van der Waals surface area (Å²) in [5, 5.41) is 19.8. The molecular weight excluding hydrogens is 370 g/mol. The molecule has 0 radical (unpaired) electrons. The molecule has 140 valence electrons. The average Bonchev–Trinajstić information content (AvgIpc) is 3.13. The van der Waals surface area contributed by atoms with Crippen LogP contribution in [0.3, 0.4) is 0 Å². The zero-order valence-corrected chi connectivity index (χ0v) is 15.3. The van der Waals surface area contributed by atoms with Crippen LogP contribution in [0.25, 0.3) is 0 Å². The second kappa shape index (κ2) is 6.86. The van der Waals surface area contributed by atoms with E-state index in [0.717, 1.165) is 12.1 Å². The number of hydrogen-bond donors (Lipinski definition) is 3. The highest BCUT2D eigenvalue weighted by molar-refractivity contribution is 7.89. The number of carbonyl (C=O) groups excluding carboxylic acids is 2. The highest BCUT2D eigenvalue weighted by Crippen LogP contribution is 2.33. The summed E-state index contributed by atoms with van der Waals surface area (Å²) >= 11 is 0. The van der Waals surface area contributed by atoms with Crippen molar-refractivity contribution in [3.8, 4) is 6.07 Å². The maximum atomic E-state index is 12.9. The molecule has 0 bridgehead atoms. The number of aromatic nitrogens is 1. The summed E-state index contributed by atoms with van der Waals surface area (Å²) in [6.45, 7) is 1.87. The molecule has 9 nitrogen and oxygen atoms in total. The number of amides is 2. The van der Waals surface area contributed by atoms with Gasteiger partial charge in [-0.1, -0.05) is 0 Å². The lowest BCUT2D eigenvalue weighted by Gasteiger charge is -2.11. The third-order valence-electron chi connectivity index (χ3n) is 4.24. The van der Waals surface area contributed by atoms with Crippen LogP contribution in [0.2, 0.25) is 0 Å². The summed E-state index contributed by atoms with van der Waals surface area (Å²) in [6.07, 6.45) is 1.44. The minimum absolute atomic E-state index is 0.0743. The van der Waals surface area contributed by atoms with Gasteiger partial charge >= 0.3 is 0 Å². The van der Waals surface area contributed by atoms with E-state index in [1.165, 1.54) is 31.2 Å². The fraction of sp³-hybridized carbons (Fsp3) is 0.235. The second-order valence-corrected chi connectivity index (χ2v) is 7.68. The lowest BCUT2D eigenvalue weighted by Crippen LogP contribution is -2.20. The van der Waals surface area contributed by atoms with Crippen LogP contribution in [-0.4, -0.2) is 24.8 Å². The number of sulfonamides is 1. The molecular formula is C17H17N5O4S. The van der Waals surface area contributed by atoms with Gasteiger partial charge in [-0.2, -0.15) is 5.26 Å². The summed E-state index contributed by atoms with van der Waals surface area (Å²) in [4.78, 5) is 24.3. The second-order valence-electron chi connectivity index (χ2n) is 6.12. The highest BCUT2D eigenvalue weighted by atomic mass is 32.2. The fourth-order valence-electron chi connectivity index (χ4n) is 3.15. The van der Waals surface area contributed by atoms with Crippen molar-refractivity contribution in [3.05, 3.63) is 41.2 Å². The molecule has 2 heterocycles. The van der Waals surface area contributed by atoms with Crippen LogP contribution in [0.15, 0.2) is 29.2 Å². The van der Waals surface area contributed by atoms with Gasteiger partial charge in [0.1, 0.15) is 11.8 Å². The Balaban J connectivity index is 1.97. The number of anilines is 2. The van der Waals surface area contributed by atoms with Crippen LogP contribution in [0.4, 0.5) is 11.4 Å². The van der Waals surface area contributed by atoms with Crippen LogP contribution in [0, 0.1) is 11.3 Å². The molecule has 0 saturated carbocycles. The quantitative estimate of drug-likeness (QED) is 0.720. The number of benzene rings is 1. The van der Waals surface area contributed by atoms with Crippen LogP contribution in [0.5, 0.6) is 0 Å². The highest BCUT2D eigenvalue weighted by Gasteiger charge is 2.30. The predicted molar refractivity (Wildman–Crippen MR) is 97.5 cm³/mol. The first-order chi connectivity index (χ1) is 12.7. The lowest BCUT2D eigenvalue weighted by molar-refractivity contribution is -0.114. The van der Waals surface area contributed by atoms with E-state index in [0.29, 0.717) is 18.7 Å². The molecule has 4 N–H and O–H groups in total. The number of hydrogen-bond acceptors (Lipinski definition) is 5. The lowest BCUT2D eigenvalue weighted by atomic mass is 10.1. The predicted octanol–water partition coefficient (Wildman–Crippen LogP) is 1.16. The van der Waals surface area contributed by atoms with E-state index in [-0.39, 0.29) is 27.7 Å². The first-order valence-corrected chi connectivity index (χ1v) is 9.64. The van der Waals surface area contributed by atoms with E-state index in [4.69, 9.17) is 5.14 Å². The third kappa shape index (κ3) is 3.55. The van der Waals surface area contributed by atoms with Crippen molar-refractivity contribution in [1.82, 2.24) is 4.57 Å². The molecule has 0 atom stereocenters. The van der Waals surface area contributed by atoms with Gasteiger partial charge in [0.15, 0.2) is 0 Å². The summed E-state index contributed by atoms with van der Waals surface area (Å²) in [5.41, 5.74) is 1.75. The normalized spacial score (nSPS) is 12.9. The van der Waals surface area contributed by atoms with E-state index in [9.17, 15) is 23.3 Å². The van der Waals surface area contributed by atoms with Crippen molar-refractivity contribution in [2.45, 2.75) is 31.2 Å². The van der Waals surface area contributed by atoms with Gasteiger partial charge in [0.05, 0.1) is 16.1 Å². The van der Waals surface area contributed by atoms with Gasteiger partial charge in [-0.05, 0) is 37.1 Å². The Labute approximate surface area is 155 Å². The van der Waals surface area contributed by atoms with E-state index >= 15 is 0 Å². The van der Waals surface area contributed by atoms with E-state index in [1.807, 2.05) is 0 Å². The molecule has 0 saturated heterocycles. The van der Waals surface area contributed by atoms with Crippen LogP contribution < -0.4 is 15.8 Å². The Morgan fingerprint density at radius 1 is 1.22 bits per heavy atom. The monoisotopic (exact) mass is 387 g/mol. The number of nitrogens with one attached hydrogen (secondary N) is 2. The Kier molecular flexibility index (Phi) is 4.73. The fourth-order valence-corrected chi connectivity index (χ4v) is 3.67. The average molecular weight is 387 g/mol. The first-order valence-electron chi connectivity index (χ1n) is 8.09. The zero-order valence-electron chi connectivity index (χ0n) is 14.4. The maximum absolute atomic E-state index is 12.9. The minimum atomic E-state index is -3.83. The molecule has 0 spiro atoms. The van der Waals surface area contributed by atoms with Crippen molar-refractivity contribution in [2.24, 2.45) is 5.14 Å². The van der Waals surface area contributed by atoms with Gasteiger partial charge in [-0.15, -0.1) is 0 Å². The topological polar surface area (TPSA) is 147 Å². The van der Waals surface area contributed by atoms with Crippen LogP contribution in [-0.2, 0) is 27.8 Å². The largest absolute Gasteiger partial charge is 0.337 e. The number of primary sulfonamides is 1. The van der Waals surface area contributed by atoms with Gasteiger partial charge in [-0.3, -0.25) is 9.59 Å². The first kappa shape index (κ1) is 18.6. The molecule has 1 aromatic carbocycles. The van der Waals surface area contributed by atoms with Crippen molar-refractivity contribution < 1.29 is 18.0 Å². The van der Waals surface area contributed by atoms with Gasteiger partial charge in [0.25, 0.3) is 5.91 Å². The number of fused-ring (bicyclic) bond motifs is 1. The molecule has 1 aromatic heterocycles. The third-order valence-corrected chi connectivity index (χ3v) is 5.16. The van der Waals surface area contributed by atoms with Gasteiger partial charge in [0.2, 0.25) is 15.9 Å². The van der Waals surface area contributed by atoms with Crippen molar-refractivity contribution in [2.75, 3.05) is 10.6 Å². The smallest absolute Gasteiger partial charge is 0.274 e. The van der Waals surface area contributed by atoms with Crippen molar-refractivity contribution in [3.63, 3.8) is 0 Å². The summed E-state index contributed by atoms with van der Waals surface area (Å²) < 4.78 is 24.4. The summed E-state index contributed by atoms with van der Waals surface area (Å²) in [5.74, 6) is -0.894. The number of rotatable bonds is 4. The number of nitriles is 1. The molecule has 1 aliphatic rings. The molecule has 2 amide bonds. The van der Waals surface area contributed by atoms with E-state index in [2.05, 4.69) is 16.7 Å². The molecule has 2 aromatic rings. The zero-order chi connectivity index (χ0) is 19.8. The Morgan fingerprint density at radius 2 is 1.89 bits per heavy atom. The van der Waals surface area contributed by atoms with Crippen LogP contribution >= 0.6 is 0 Å². The Hall–Kier alpha value is -3.16. The summed E-state index contributed by atoms with van der Waals surface area (Å²) in [6, 6.07) is 7.45. The maximum Gasteiger partial charge on any atom is 0.274 e. The van der Waals surface area contributed by atoms with Gasteiger partial charge in [0, 0.05) is 24.8 Å². The Bertz CT molecular complexity index is 1080. The van der Waals surface area contributed by atoms with Gasteiger partial charge < -0.3 is 15.2 Å². The molecule has 0 unspecified atom stereocenters. The molecule has 27 heavy (non-hydrogen) atoms. The van der Waals surface area contributed by atoms with Gasteiger partial charge in [-0.25, -0.2) is 13.6 Å².